The fourth-order valence-corrected chi connectivity index (χ4v) is 11.1. The summed E-state index contributed by atoms with van der Waals surface area (Å²) in [5.41, 5.74) is 6.48. The molecule has 3 aliphatic rings. The molecular weight excluding hydrogens is 1060 g/mol. The zero-order valence-corrected chi connectivity index (χ0v) is 46.2. The van der Waals surface area contributed by atoms with Gasteiger partial charge in [-0.3, -0.25) is 33.8 Å². The first-order valence-electron chi connectivity index (χ1n) is 27.6. The third kappa shape index (κ3) is 11.4. The number of fused-ring (bicyclic) bond motifs is 3. The minimum Gasteiger partial charge on any atom is -0.449 e. The normalized spacial score (nSPS) is 13.6. The molecular formula is C63H61N9O11. The number of aromatic nitrogens is 4. The lowest BCUT2D eigenvalue weighted by molar-refractivity contribution is -0.137. The summed E-state index contributed by atoms with van der Waals surface area (Å²) in [6.45, 7) is 5.04. The number of hydrogen-bond acceptors (Lipinski definition) is 13. The number of carbonyl (C=O) groups is 7. The van der Waals surface area contributed by atoms with Gasteiger partial charge in [0.25, 0.3) is 23.6 Å². The van der Waals surface area contributed by atoms with Crippen LogP contribution in [-0.2, 0) is 23.7 Å². The second-order valence-corrected chi connectivity index (χ2v) is 21.3. The molecule has 0 bridgehead atoms. The van der Waals surface area contributed by atoms with E-state index in [2.05, 4.69) is 39.6 Å². The van der Waals surface area contributed by atoms with Crippen LogP contribution in [0.5, 0.6) is 0 Å². The first-order chi connectivity index (χ1) is 40.3. The highest BCUT2D eigenvalue weighted by Crippen LogP contribution is 2.44. The van der Waals surface area contributed by atoms with Crippen LogP contribution in [0.25, 0.3) is 44.0 Å². The van der Waals surface area contributed by atoms with E-state index >= 15 is 0 Å². The summed E-state index contributed by atoms with van der Waals surface area (Å²) in [7, 11) is 0. The Bertz CT molecular complexity index is 3710. The van der Waals surface area contributed by atoms with Crippen molar-refractivity contribution in [2.45, 2.75) is 38.7 Å². The van der Waals surface area contributed by atoms with Gasteiger partial charge in [-0.2, -0.15) is 0 Å². The van der Waals surface area contributed by atoms with Gasteiger partial charge in [-0.05, 0) is 85.8 Å². The van der Waals surface area contributed by atoms with E-state index in [9.17, 15) is 33.6 Å². The zero-order valence-electron chi connectivity index (χ0n) is 46.2. The minimum absolute atomic E-state index is 0.0284. The van der Waals surface area contributed by atoms with Gasteiger partial charge < -0.3 is 43.2 Å². The molecule has 424 valence electrons. The average Bonchev–Trinajstić information content (AvgIpc) is 2.11. The number of rotatable bonds is 22. The number of nitrogens with one attached hydrogen (secondary N) is 1. The number of nitrogens with zero attached hydrogens (tertiary/aromatic N) is 8. The SMILES string of the molecule is CC(C)(C)OC(=O)N(CCCN(CCN1C(=O)c2cccc3c(-n4ccnc4)ccc(c23)C1=O)C(=O)COCCOCCNC(=O)OCC1c2ccccc2-c2ccccc21)CCN1C(=O)c2cccc3c(-n4ccnc4)ccc(c23)C1=O. The molecule has 20 heteroatoms. The monoisotopic (exact) mass is 1120 g/mol. The van der Waals surface area contributed by atoms with E-state index in [4.69, 9.17) is 18.9 Å². The number of benzene rings is 6. The molecule has 2 aliphatic heterocycles. The van der Waals surface area contributed by atoms with Gasteiger partial charge in [-0.1, -0.05) is 72.8 Å². The number of imide groups is 2. The van der Waals surface area contributed by atoms with E-state index in [0.717, 1.165) is 43.4 Å². The molecule has 4 heterocycles. The molecule has 1 aliphatic carbocycles. The number of imidazole rings is 2. The van der Waals surface area contributed by atoms with Gasteiger partial charge in [0.15, 0.2) is 0 Å². The van der Waals surface area contributed by atoms with Gasteiger partial charge in [-0.15, -0.1) is 0 Å². The number of amides is 7. The van der Waals surface area contributed by atoms with Crippen LogP contribution in [0.1, 0.15) is 85.7 Å². The van der Waals surface area contributed by atoms with Crippen LogP contribution < -0.4 is 5.32 Å². The molecule has 83 heavy (non-hydrogen) atoms. The molecule has 1 N–H and O–H groups in total. The van der Waals surface area contributed by atoms with Crippen molar-refractivity contribution < 1.29 is 52.5 Å². The van der Waals surface area contributed by atoms with E-state index in [1.54, 1.807) is 107 Å². The van der Waals surface area contributed by atoms with Crippen molar-refractivity contribution in [3.63, 3.8) is 0 Å². The van der Waals surface area contributed by atoms with Crippen LogP contribution in [0.3, 0.4) is 0 Å². The Morgan fingerprint density at radius 1 is 0.566 bits per heavy atom. The molecule has 20 nitrogen and oxygen atoms in total. The van der Waals surface area contributed by atoms with Gasteiger partial charge in [-0.25, -0.2) is 19.6 Å². The second kappa shape index (κ2) is 23.9. The maximum Gasteiger partial charge on any atom is 0.410 e. The van der Waals surface area contributed by atoms with Crippen molar-refractivity contribution in [3.05, 3.63) is 180 Å². The van der Waals surface area contributed by atoms with E-state index < -0.39 is 47.3 Å². The van der Waals surface area contributed by atoms with Gasteiger partial charge >= 0.3 is 12.2 Å². The van der Waals surface area contributed by atoms with Gasteiger partial charge in [0, 0.05) is 120 Å². The number of alkyl carbamates (subject to hydrolysis) is 1. The smallest absolute Gasteiger partial charge is 0.410 e. The van der Waals surface area contributed by atoms with Crippen LogP contribution >= 0.6 is 0 Å². The largest absolute Gasteiger partial charge is 0.449 e. The first kappa shape index (κ1) is 55.4. The predicted octanol–water partition coefficient (Wildman–Crippen LogP) is 8.28. The van der Waals surface area contributed by atoms with Gasteiger partial charge in [0.1, 0.15) is 18.8 Å². The molecule has 0 atom stereocenters. The van der Waals surface area contributed by atoms with Gasteiger partial charge in [0.05, 0.1) is 43.9 Å². The Balaban J connectivity index is 0.726. The molecule has 6 aromatic carbocycles. The predicted molar refractivity (Wildman–Crippen MR) is 307 cm³/mol. The first-order valence-corrected chi connectivity index (χ1v) is 27.6. The van der Waals surface area contributed by atoms with E-state index in [-0.39, 0.29) is 91.2 Å². The summed E-state index contributed by atoms with van der Waals surface area (Å²) in [5, 5.41) is 5.19. The topological polar surface area (TPSA) is 217 Å². The molecule has 8 aromatic rings. The van der Waals surface area contributed by atoms with Crippen LogP contribution in [0.15, 0.2) is 147 Å². The molecule has 7 amide bonds. The van der Waals surface area contributed by atoms with E-state index in [1.807, 2.05) is 45.5 Å². The van der Waals surface area contributed by atoms with Crippen LogP contribution in [0.4, 0.5) is 9.59 Å². The summed E-state index contributed by atoms with van der Waals surface area (Å²) in [6.07, 6.45) is 9.06. The second-order valence-electron chi connectivity index (χ2n) is 21.3. The van der Waals surface area contributed by atoms with Gasteiger partial charge in [0.2, 0.25) is 5.91 Å². The van der Waals surface area contributed by atoms with Crippen LogP contribution in [0.2, 0.25) is 0 Å². The van der Waals surface area contributed by atoms with Crippen LogP contribution in [-0.4, -0.2) is 165 Å². The Kier molecular flexibility index (Phi) is 15.9. The molecule has 0 spiro atoms. The van der Waals surface area contributed by atoms with Crippen molar-refractivity contribution in [1.82, 2.24) is 44.0 Å². The minimum atomic E-state index is -0.896. The van der Waals surface area contributed by atoms with Crippen LogP contribution in [0, 0.1) is 0 Å². The molecule has 0 fully saturated rings. The standard InChI is InChI=1S/C63H61N9O11/c1-63(2,3)83-62(79)68(31-33-72-58(75)48-18-9-16-46-53(70-29-24-65-40-70)22-20-50(56(46)48)60(72)77)27-10-26-67(30-32-71-57(74)47-17-8-15-45-52(69-28-23-64-39-69)21-19-49(55(45)47)59(71)76)54(73)38-81-36-35-80-34-25-66-61(78)82-37-51-43-13-6-4-11-41(43)42-12-5-7-14-44(42)51/h4-9,11-24,28-29,39-40,51H,10,25-27,30-38H2,1-3H3,(H,66,78). The van der Waals surface area contributed by atoms with Crippen molar-refractivity contribution in [1.29, 1.82) is 0 Å². The molecule has 0 radical (unpaired) electrons. The molecule has 0 saturated carbocycles. The lowest BCUT2D eigenvalue weighted by Crippen LogP contribution is -2.48. The molecule has 2 aromatic heterocycles. The lowest BCUT2D eigenvalue weighted by atomic mass is 9.93. The summed E-state index contributed by atoms with van der Waals surface area (Å²) in [6, 6.07) is 33.8. The number of hydrogen-bond donors (Lipinski definition) is 1. The quantitative estimate of drug-likeness (QED) is 0.0500. The highest BCUT2D eigenvalue weighted by Gasteiger charge is 2.37. The number of ether oxygens (including phenoxy) is 4. The molecule has 0 saturated heterocycles. The van der Waals surface area contributed by atoms with Crippen molar-refractivity contribution >= 4 is 63.3 Å². The lowest BCUT2D eigenvalue weighted by Gasteiger charge is -2.32. The Hall–Kier alpha value is -9.53. The number of carbonyl (C=O) groups excluding carboxylic acids is 7. The van der Waals surface area contributed by atoms with Crippen molar-refractivity contribution in [2.24, 2.45) is 0 Å². The fourth-order valence-electron chi connectivity index (χ4n) is 11.1. The van der Waals surface area contributed by atoms with E-state index in [1.165, 1.54) is 9.80 Å². The third-order valence-corrected chi connectivity index (χ3v) is 15.0. The van der Waals surface area contributed by atoms with Crippen molar-refractivity contribution in [2.75, 3.05) is 78.8 Å². The summed E-state index contributed by atoms with van der Waals surface area (Å²) in [4.78, 5) is 111. The summed E-state index contributed by atoms with van der Waals surface area (Å²) in [5.74, 6) is -2.57. The molecule has 0 unspecified atom stereocenters. The zero-order chi connectivity index (χ0) is 57.8. The highest BCUT2D eigenvalue weighted by molar-refractivity contribution is 6.27. The summed E-state index contributed by atoms with van der Waals surface area (Å²) < 4.78 is 26.6. The summed E-state index contributed by atoms with van der Waals surface area (Å²) >= 11 is 0. The van der Waals surface area contributed by atoms with E-state index in [0.29, 0.717) is 43.8 Å². The van der Waals surface area contributed by atoms with Crippen molar-refractivity contribution in [3.8, 4) is 22.5 Å². The molecule has 11 rings (SSSR count). The fraction of sp³-hybridized carbons (Fsp3) is 0.286. The Morgan fingerprint density at radius 3 is 1.59 bits per heavy atom. The maximum absolute atomic E-state index is 14.2. The average molecular weight is 1120 g/mol. The third-order valence-electron chi connectivity index (χ3n) is 15.0. The maximum atomic E-state index is 14.2. The Morgan fingerprint density at radius 2 is 1.06 bits per heavy atom. The highest BCUT2D eigenvalue weighted by atomic mass is 16.6. The Labute approximate surface area is 478 Å².